The molecule has 1 aliphatic carbocycles. The summed E-state index contributed by atoms with van der Waals surface area (Å²) in [6.07, 6.45) is 1.88. The van der Waals surface area contributed by atoms with E-state index in [1.54, 1.807) is 23.5 Å². The van der Waals surface area contributed by atoms with Gasteiger partial charge >= 0.3 is 0 Å². The lowest BCUT2D eigenvalue weighted by Crippen LogP contribution is -2.26. The highest BCUT2D eigenvalue weighted by Gasteiger charge is 2.37. The molecule has 0 saturated heterocycles. The van der Waals surface area contributed by atoms with Crippen LogP contribution in [0.1, 0.15) is 72.4 Å². The molecule has 0 aromatic heterocycles. The van der Waals surface area contributed by atoms with Crippen LogP contribution in [0, 0.1) is 0 Å². The predicted molar refractivity (Wildman–Crippen MR) is 130 cm³/mol. The summed E-state index contributed by atoms with van der Waals surface area (Å²) < 4.78 is 0. The molecule has 2 aromatic rings. The highest BCUT2D eigenvalue weighted by Crippen LogP contribution is 2.43. The number of hydrogen-bond acceptors (Lipinski definition) is 6. The Bertz CT molecular complexity index is 881. The van der Waals surface area contributed by atoms with Crippen molar-refractivity contribution in [3.05, 3.63) is 46.5 Å². The molecule has 2 N–H and O–H groups in total. The first-order chi connectivity index (χ1) is 14.6. The highest BCUT2D eigenvalue weighted by atomic mass is 32.2. The molecule has 0 fully saturated rings. The summed E-state index contributed by atoms with van der Waals surface area (Å²) in [5.41, 5.74) is 3.67. The minimum atomic E-state index is -0.0483. The topological polar surface area (TPSA) is 58.2 Å². The fourth-order valence-electron chi connectivity index (χ4n) is 3.71. The van der Waals surface area contributed by atoms with Gasteiger partial charge in [-0.25, -0.2) is 0 Å². The van der Waals surface area contributed by atoms with Gasteiger partial charge < -0.3 is 10.6 Å². The maximum Gasteiger partial charge on any atom is 0.197 e. The van der Waals surface area contributed by atoms with E-state index < -0.39 is 0 Å². The molecule has 0 heterocycles. The summed E-state index contributed by atoms with van der Waals surface area (Å²) in [4.78, 5) is 29.5. The number of hydrogen-bond donors (Lipinski definition) is 2. The molecule has 3 rings (SSSR count). The van der Waals surface area contributed by atoms with Crippen LogP contribution in [0.15, 0.2) is 34.1 Å². The number of carbonyl (C=O) groups excluding carboxylic acids is 2. The van der Waals surface area contributed by atoms with Crippen molar-refractivity contribution in [2.45, 2.75) is 50.3 Å². The molecular formula is C24H30N2O2S2. The van der Waals surface area contributed by atoms with Crippen LogP contribution >= 0.6 is 23.5 Å². The third-order valence-electron chi connectivity index (χ3n) is 4.97. The Labute approximate surface area is 188 Å². The molecule has 0 spiro atoms. The van der Waals surface area contributed by atoms with Crippen molar-refractivity contribution in [3.63, 3.8) is 0 Å². The molecule has 30 heavy (non-hydrogen) atoms. The van der Waals surface area contributed by atoms with Gasteiger partial charge in [0, 0.05) is 45.4 Å². The van der Waals surface area contributed by atoms with E-state index in [-0.39, 0.29) is 11.6 Å². The van der Waals surface area contributed by atoms with Crippen molar-refractivity contribution in [1.29, 1.82) is 0 Å². The summed E-state index contributed by atoms with van der Waals surface area (Å²) in [5, 5.41) is 6.73. The van der Waals surface area contributed by atoms with Gasteiger partial charge in [-0.1, -0.05) is 27.7 Å². The number of rotatable bonds is 10. The lowest BCUT2D eigenvalue weighted by molar-refractivity contribution is 0.0975. The maximum absolute atomic E-state index is 13.9. The second-order valence-electron chi connectivity index (χ2n) is 7.10. The van der Waals surface area contributed by atoms with E-state index in [0.717, 1.165) is 58.6 Å². The minimum Gasteiger partial charge on any atom is -0.384 e. The van der Waals surface area contributed by atoms with E-state index in [1.165, 1.54) is 0 Å². The lowest BCUT2D eigenvalue weighted by atomic mass is 9.82. The first-order valence-corrected chi connectivity index (χ1v) is 12.7. The van der Waals surface area contributed by atoms with Crippen molar-refractivity contribution in [2.24, 2.45) is 0 Å². The molecule has 0 saturated carbocycles. The number of thioether (sulfide) groups is 2. The fraction of sp³-hybridized carbons (Fsp3) is 0.417. The first-order valence-electron chi connectivity index (χ1n) is 10.8. The van der Waals surface area contributed by atoms with Crippen LogP contribution in [-0.4, -0.2) is 36.2 Å². The smallest absolute Gasteiger partial charge is 0.197 e. The van der Waals surface area contributed by atoms with E-state index in [9.17, 15) is 9.59 Å². The predicted octanol–water partition coefficient (Wildman–Crippen LogP) is 6.33. The van der Waals surface area contributed by atoms with Crippen LogP contribution in [0.3, 0.4) is 0 Å². The SMILES string of the molecule is CCCNc1ccc(NCCC)c2c1C(=O)c1c(SCC)ccc(SCC)c1C2=O. The summed E-state index contributed by atoms with van der Waals surface area (Å²) >= 11 is 3.24. The number of carbonyl (C=O) groups is 2. The van der Waals surface area contributed by atoms with Crippen molar-refractivity contribution >= 4 is 46.5 Å². The minimum absolute atomic E-state index is 0.0483. The van der Waals surface area contributed by atoms with Gasteiger partial charge in [-0.05, 0) is 48.6 Å². The largest absolute Gasteiger partial charge is 0.384 e. The van der Waals surface area contributed by atoms with E-state index in [4.69, 9.17) is 0 Å². The number of benzene rings is 2. The summed E-state index contributed by atoms with van der Waals surface area (Å²) in [7, 11) is 0. The third kappa shape index (κ3) is 4.26. The summed E-state index contributed by atoms with van der Waals surface area (Å²) in [6, 6.07) is 7.86. The molecule has 4 nitrogen and oxygen atoms in total. The van der Waals surface area contributed by atoms with Crippen molar-refractivity contribution in [1.82, 2.24) is 0 Å². The Morgan fingerprint density at radius 2 is 1.03 bits per heavy atom. The molecule has 1 aliphatic rings. The molecule has 0 aliphatic heterocycles. The van der Waals surface area contributed by atoms with Crippen molar-refractivity contribution in [3.8, 4) is 0 Å². The summed E-state index contributed by atoms with van der Waals surface area (Å²) in [6.45, 7) is 9.81. The standard InChI is InChI=1S/C24H30N2O2S2/c1-5-13-25-15-9-10-16(26-14-6-2)20-19(15)23(27)21-17(29-7-3)11-12-18(30-8-4)22(21)24(20)28/h9-12,25-26H,5-8,13-14H2,1-4H3. The maximum atomic E-state index is 13.9. The number of anilines is 2. The van der Waals surface area contributed by atoms with Crippen LogP contribution in [0.25, 0.3) is 0 Å². The normalized spacial score (nSPS) is 12.5. The van der Waals surface area contributed by atoms with Crippen molar-refractivity contribution < 1.29 is 9.59 Å². The first kappa shape index (κ1) is 22.8. The second-order valence-corrected chi connectivity index (χ2v) is 9.71. The van der Waals surface area contributed by atoms with Gasteiger partial charge in [-0.3, -0.25) is 9.59 Å². The molecule has 0 bridgehead atoms. The average Bonchev–Trinajstić information content (AvgIpc) is 2.75. The zero-order valence-corrected chi connectivity index (χ0v) is 19.8. The Balaban J connectivity index is 2.27. The molecule has 0 radical (unpaired) electrons. The molecular weight excluding hydrogens is 412 g/mol. The van der Waals surface area contributed by atoms with Gasteiger partial charge in [0.05, 0.1) is 11.1 Å². The number of nitrogens with one attached hydrogen (secondary N) is 2. The van der Waals surface area contributed by atoms with E-state index in [1.807, 2.05) is 24.3 Å². The quantitative estimate of drug-likeness (QED) is 0.358. The monoisotopic (exact) mass is 442 g/mol. The Kier molecular flexibility index (Phi) is 7.89. The number of ketones is 2. The van der Waals surface area contributed by atoms with Gasteiger partial charge in [-0.2, -0.15) is 0 Å². The van der Waals surface area contributed by atoms with Gasteiger partial charge in [0.2, 0.25) is 0 Å². The molecule has 6 heteroatoms. The van der Waals surface area contributed by atoms with E-state index >= 15 is 0 Å². The van der Waals surface area contributed by atoms with Gasteiger partial charge in [-0.15, -0.1) is 23.5 Å². The average molecular weight is 443 g/mol. The Hall–Kier alpha value is -1.92. The van der Waals surface area contributed by atoms with E-state index in [2.05, 4.69) is 38.3 Å². The molecule has 160 valence electrons. The second kappa shape index (κ2) is 10.4. The molecule has 2 aromatic carbocycles. The molecule has 0 atom stereocenters. The van der Waals surface area contributed by atoms with Gasteiger partial charge in [0.15, 0.2) is 11.6 Å². The van der Waals surface area contributed by atoms with Crippen LogP contribution in [0.2, 0.25) is 0 Å². The zero-order chi connectivity index (χ0) is 21.7. The van der Waals surface area contributed by atoms with Crippen LogP contribution in [0.5, 0.6) is 0 Å². The van der Waals surface area contributed by atoms with Crippen LogP contribution in [-0.2, 0) is 0 Å². The zero-order valence-electron chi connectivity index (χ0n) is 18.2. The van der Waals surface area contributed by atoms with Crippen LogP contribution in [0.4, 0.5) is 11.4 Å². The Morgan fingerprint density at radius 1 is 0.633 bits per heavy atom. The Morgan fingerprint density at radius 3 is 1.37 bits per heavy atom. The van der Waals surface area contributed by atoms with E-state index in [0.29, 0.717) is 22.3 Å². The molecule has 0 unspecified atom stereocenters. The molecule has 0 amide bonds. The highest BCUT2D eigenvalue weighted by molar-refractivity contribution is 7.99. The number of fused-ring (bicyclic) bond motifs is 2. The lowest BCUT2D eigenvalue weighted by Gasteiger charge is -2.26. The van der Waals surface area contributed by atoms with Gasteiger partial charge in [0.1, 0.15) is 0 Å². The fourth-order valence-corrected chi connectivity index (χ4v) is 5.33. The van der Waals surface area contributed by atoms with Gasteiger partial charge in [0.25, 0.3) is 0 Å². The van der Waals surface area contributed by atoms with Crippen LogP contribution < -0.4 is 10.6 Å². The summed E-state index contributed by atoms with van der Waals surface area (Å²) in [5.74, 6) is 1.60. The third-order valence-corrected chi connectivity index (χ3v) is 6.85. The van der Waals surface area contributed by atoms with Crippen molar-refractivity contribution in [2.75, 3.05) is 35.2 Å².